The number of hydrogen-bond acceptors (Lipinski definition) is 2. The normalized spacial score (nSPS) is 11.4. The third-order valence-corrected chi connectivity index (χ3v) is 11.3. The second-order valence-corrected chi connectivity index (χ2v) is 15.4. The Hall–Kier alpha value is -8.38. The zero-order chi connectivity index (χ0) is 42.8. The molecular formula is C61H46N2. The molecule has 0 radical (unpaired) electrons. The Balaban J connectivity index is 1.01. The minimum atomic E-state index is 0.742. The Labute approximate surface area is 372 Å². The van der Waals surface area contributed by atoms with Gasteiger partial charge in [0.15, 0.2) is 0 Å². The lowest BCUT2D eigenvalue weighted by Crippen LogP contribution is -2.16. The lowest BCUT2D eigenvalue weighted by Gasteiger charge is -2.28. The largest absolute Gasteiger partial charge is 0.310 e. The molecule has 0 saturated carbocycles. The van der Waals surface area contributed by atoms with E-state index in [1.165, 1.54) is 11.1 Å². The second kappa shape index (κ2) is 18.9. The van der Waals surface area contributed by atoms with Crippen LogP contribution in [0.5, 0.6) is 0 Å². The maximum Gasteiger partial charge on any atom is 0.0967 e. The quantitative estimate of drug-likeness (QED) is 0.0896. The summed E-state index contributed by atoms with van der Waals surface area (Å²) in [6, 6.07) is 85.4. The van der Waals surface area contributed by atoms with Gasteiger partial charge in [-0.15, -0.1) is 6.42 Å². The van der Waals surface area contributed by atoms with E-state index in [4.69, 9.17) is 6.42 Å². The van der Waals surface area contributed by atoms with E-state index in [0.717, 1.165) is 78.7 Å². The molecule has 9 aromatic rings. The molecule has 0 spiro atoms. The van der Waals surface area contributed by atoms with Crippen LogP contribution < -0.4 is 9.80 Å². The lowest BCUT2D eigenvalue weighted by molar-refractivity contribution is 1.23. The van der Waals surface area contributed by atoms with Gasteiger partial charge in [-0.2, -0.15) is 0 Å². The number of nitrogens with zero attached hydrogens (tertiary/aromatic N) is 2. The van der Waals surface area contributed by atoms with Crippen molar-refractivity contribution in [2.24, 2.45) is 0 Å². The molecule has 0 heterocycles. The van der Waals surface area contributed by atoms with Gasteiger partial charge in [-0.3, -0.25) is 0 Å². The van der Waals surface area contributed by atoms with Gasteiger partial charge in [0.05, 0.1) is 17.1 Å². The topological polar surface area (TPSA) is 6.48 Å². The van der Waals surface area contributed by atoms with Crippen LogP contribution in [-0.4, -0.2) is 0 Å². The molecule has 0 bridgehead atoms. The summed E-state index contributed by atoms with van der Waals surface area (Å²) in [6.07, 6.45) is 10.5. The fourth-order valence-electron chi connectivity index (χ4n) is 8.16. The molecule has 300 valence electrons. The van der Waals surface area contributed by atoms with Crippen LogP contribution in [0.2, 0.25) is 0 Å². The van der Waals surface area contributed by atoms with E-state index in [-0.39, 0.29) is 0 Å². The molecule has 0 aliphatic carbocycles. The van der Waals surface area contributed by atoms with Gasteiger partial charge in [-0.1, -0.05) is 194 Å². The second-order valence-electron chi connectivity index (χ2n) is 15.4. The minimum absolute atomic E-state index is 0.742. The number of hydrogen-bond donors (Lipinski definition) is 0. The van der Waals surface area contributed by atoms with Crippen LogP contribution in [0.25, 0.3) is 50.1 Å². The summed E-state index contributed by atoms with van der Waals surface area (Å²) in [4.78, 5) is 4.51. The number of terminal acetylenes is 1. The van der Waals surface area contributed by atoms with Crippen molar-refractivity contribution < 1.29 is 0 Å². The number of rotatable bonds is 12. The summed E-state index contributed by atoms with van der Waals surface area (Å²) in [6.45, 7) is 2.14. The van der Waals surface area contributed by atoms with Crippen molar-refractivity contribution in [1.29, 1.82) is 0 Å². The Bertz CT molecular complexity index is 3050. The molecule has 0 fully saturated rings. The monoisotopic (exact) mass is 806 g/mol. The Morgan fingerprint density at radius 1 is 0.381 bits per heavy atom. The van der Waals surface area contributed by atoms with Gasteiger partial charge in [0.25, 0.3) is 0 Å². The van der Waals surface area contributed by atoms with Crippen LogP contribution in [0, 0.1) is 12.3 Å². The molecule has 2 nitrogen and oxygen atoms in total. The fraction of sp³-hybridized carbons (Fsp3) is 0.0164. The first-order chi connectivity index (χ1) is 31.1. The third-order valence-electron chi connectivity index (χ3n) is 11.3. The number of para-hydroxylation sites is 4. The average molecular weight is 807 g/mol. The summed E-state index contributed by atoms with van der Waals surface area (Å²) in [5.41, 5.74) is 17.5. The molecule has 9 rings (SSSR count). The third kappa shape index (κ3) is 8.91. The zero-order valence-corrected chi connectivity index (χ0v) is 35.2. The molecule has 0 aromatic heterocycles. The van der Waals surface area contributed by atoms with Gasteiger partial charge in [-0.25, -0.2) is 0 Å². The molecule has 0 aliphatic rings. The maximum atomic E-state index is 6.34. The Morgan fingerprint density at radius 3 is 1.43 bits per heavy atom. The summed E-state index contributed by atoms with van der Waals surface area (Å²) >= 11 is 0. The number of benzene rings is 9. The molecule has 0 amide bonds. The van der Waals surface area contributed by atoms with Crippen molar-refractivity contribution in [1.82, 2.24) is 0 Å². The van der Waals surface area contributed by atoms with E-state index in [9.17, 15) is 0 Å². The van der Waals surface area contributed by atoms with Crippen molar-refractivity contribution in [3.8, 4) is 56.9 Å². The van der Waals surface area contributed by atoms with Crippen LogP contribution in [-0.2, 0) is 0 Å². The molecule has 0 aliphatic heterocycles. The molecule has 0 atom stereocenters. The highest BCUT2D eigenvalue weighted by atomic mass is 15.2. The predicted molar refractivity (Wildman–Crippen MR) is 268 cm³/mol. The Morgan fingerprint density at radius 2 is 0.825 bits per heavy atom. The van der Waals surface area contributed by atoms with E-state index < -0.39 is 0 Å². The molecular weight excluding hydrogens is 761 g/mol. The van der Waals surface area contributed by atoms with Gasteiger partial charge in [0.2, 0.25) is 0 Å². The first-order valence-electron chi connectivity index (χ1n) is 21.3. The van der Waals surface area contributed by atoms with E-state index in [1.807, 2.05) is 24.3 Å². The van der Waals surface area contributed by atoms with Gasteiger partial charge in [0, 0.05) is 28.2 Å². The number of allylic oxidation sites excluding steroid dienone is 4. The summed E-state index contributed by atoms with van der Waals surface area (Å²) in [5, 5.41) is 0. The number of anilines is 5. The minimum Gasteiger partial charge on any atom is -0.310 e. The van der Waals surface area contributed by atoms with Crippen LogP contribution in [0.4, 0.5) is 28.4 Å². The molecule has 63 heavy (non-hydrogen) atoms. The molecule has 2 heteroatoms. The summed E-state index contributed by atoms with van der Waals surface area (Å²) in [5.74, 6) is 3.02. The predicted octanol–water partition coefficient (Wildman–Crippen LogP) is 16.6. The van der Waals surface area contributed by atoms with Crippen molar-refractivity contribution >= 4 is 34.0 Å². The van der Waals surface area contributed by atoms with Crippen molar-refractivity contribution in [3.05, 3.63) is 266 Å². The first kappa shape index (κ1) is 40.0. The highest BCUT2D eigenvalue weighted by Gasteiger charge is 2.19. The maximum absolute atomic E-state index is 6.34. The molecule has 0 saturated heterocycles. The SMILES string of the molecule is C#C/C(=C\C=C(/C)c1cccc(-c2cccc(-c3ccc(N(c4ccccc4)c4ccccc4-c4ccccc4)cc3)c2)c1)N(c1ccccc1)c1ccccc1-c1ccccc1. The van der Waals surface area contributed by atoms with Crippen molar-refractivity contribution in [3.63, 3.8) is 0 Å². The van der Waals surface area contributed by atoms with Gasteiger partial charge >= 0.3 is 0 Å². The fourth-order valence-corrected chi connectivity index (χ4v) is 8.16. The van der Waals surface area contributed by atoms with Gasteiger partial charge in [0.1, 0.15) is 0 Å². The van der Waals surface area contributed by atoms with E-state index in [2.05, 4.69) is 253 Å². The molecule has 0 N–H and O–H groups in total. The molecule has 0 unspecified atom stereocenters. The van der Waals surface area contributed by atoms with Crippen LogP contribution in [0.15, 0.2) is 261 Å². The van der Waals surface area contributed by atoms with Crippen molar-refractivity contribution in [2.45, 2.75) is 6.92 Å². The van der Waals surface area contributed by atoms with Gasteiger partial charge < -0.3 is 9.80 Å². The van der Waals surface area contributed by atoms with Crippen LogP contribution in [0.1, 0.15) is 12.5 Å². The Kier molecular flexibility index (Phi) is 12.0. The van der Waals surface area contributed by atoms with E-state index >= 15 is 0 Å². The first-order valence-corrected chi connectivity index (χ1v) is 21.3. The van der Waals surface area contributed by atoms with Crippen LogP contribution in [0.3, 0.4) is 0 Å². The van der Waals surface area contributed by atoms with E-state index in [1.54, 1.807) is 0 Å². The van der Waals surface area contributed by atoms with Gasteiger partial charge in [-0.05, 0) is 118 Å². The molecule has 9 aromatic carbocycles. The van der Waals surface area contributed by atoms with E-state index in [0.29, 0.717) is 0 Å². The average Bonchev–Trinajstić information content (AvgIpc) is 3.37. The lowest BCUT2D eigenvalue weighted by atomic mass is 9.96. The van der Waals surface area contributed by atoms with Crippen LogP contribution >= 0.6 is 0 Å². The van der Waals surface area contributed by atoms with Crippen molar-refractivity contribution in [2.75, 3.05) is 9.80 Å². The summed E-state index contributed by atoms with van der Waals surface area (Å²) in [7, 11) is 0. The summed E-state index contributed by atoms with van der Waals surface area (Å²) < 4.78 is 0. The zero-order valence-electron chi connectivity index (χ0n) is 35.2. The smallest absolute Gasteiger partial charge is 0.0967 e. The highest BCUT2D eigenvalue weighted by molar-refractivity contribution is 5.89. The standard InChI is InChI=1S/C61H46N2/c1-3-54(62(55-30-12-6-13-31-55)60-36-18-16-34-58(60)48-22-8-4-9-23-48)41-38-46(2)50-26-20-28-52(44-50)53-29-21-27-51(45-53)47-39-42-57(43-40-47)63(56-32-14-7-15-33-56)61-37-19-17-35-59(61)49-24-10-5-11-25-49/h1,4-45H,2H3/b46-38+,54-41+. The highest BCUT2D eigenvalue weighted by Crippen LogP contribution is 2.42.